The van der Waals surface area contributed by atoms with E-state index >= 15 is 0 Å². The van der Waals surface area contributed by atoms with Gasteiger partial charge in [0, 0.05) is 12.1 Å². The maximum absolute atomic E-state index is 11.8. The van der Waals surface area contributed by atoms with Crippen LogP contribution in [0.2, 0.25) is 0 Å². The van der Waals surface area contributed by atoms with Crippen LogP contribution in [0.1, 0.15) is 11.3 Å². The average molecular weight is 363 g/mol. The maximum Gasteiger partial charge on any atom is 0.363 e. The molecule has 0 fully saturated rings. The van der Waals surface area contributed by atoms with Crippen molar-refractivity contribution in [2.24, 2.45) is 4.99 Å². The molecule has 1 aromatic heterocycles. The predicted octanol–water partition coefficient (Wildman–Crippen LogP) is 3.29. The summed E-state index contributed by atoms with van der Waals surface area (Å²) in [6.45, 7) is 0. The lowest BCUT2D eigenvalue weighted by atomic mass is 10.2. The number of furan rings is 1. The number of cyclic esters (lactones) is 1. The Kier molecular flexibility index (Phi) is 3.60. The number of nitrogens with zero attached hydrogens (tertiary/aromatic N) is 2. The highest BCUT2D eigenvalue weighted by atomic mass is 79.9. The minimum absolute atomic E-state index is 0.0271. The number of non-ortho nitro benzene ring substituents is 1. The summed E-state index contributed by atoms with van der Waals surface area (Å²) in [6, 6.07) is 9.02. The zero-order chi connectivity index (χ0) is 15.7. The number of carbonyl (C=O) groups is 1. The van der Waals surface area contributed by atoms with E-state index in [4.69, 9.17) is 9.15 Å². The van der Waals surface area contributed by atoms with Crippen LogP contribution in [0.15, 0.2) is 56.2 Å². The van der Waals surface area contributed by atoms with Crippen molar-refractivity contribution in [3.05, 3.63) is 68.2 Å². The van der Waals surface area contributed by atoms with Crippen molar-refractivity contribution < 1.29 is 18.9 Å². The molecule has 7 nitrogen and oxygen atoms in total. The van der Waals surface area contributed by atoms with Crippen LogP contribution < -0.4 is 0 Å². The minimum Gasteiger partial charge on any atom is -0.444 e. The Labute approximate surface area is 132 Å². The molecule has 0 radical (unpaired) electrons. The van der Waals surface area contributed by atoms with Gasteiger partial charge in [-0.25, -0.2) is 9.79 Å². The fourth-order valence-corrected chi connectivity index (χ4v) is 2.10. The highest BCUT2D eigenvalue weighted by molar-refractivity contribution is 9.10. The molecule has 0 saturated carbocycles. The third-order valence-electron chi connectivity index (χ3n) is 2.81. The van der Waals surface area contributed by atoms with Gasteiger partial charge in [0.2, 0.25) is 0 Å². The minimum atomic E-state index is -0.610. The molecular formula is C14H7BrN2O5. The summed E-state index contributed by atoms with van der Waals surface area (Å²) in [6.07, 6.45) is 1.48. The largest absolute Gasteiger partial charge is 0.444 e. The molecule has 110 valence electrons. The number of hydrogen-bond acceptors (Lipinski definition) is 6. The van der Waals surface area contributed by atoms with E-state index < -0.39 is 10.9 Å². The number of hydrogen-bond donors (Lipinski definition) is 0. The molecule has 0 saturated heterocycles. The monoisotopic (exact) mass is 362 g/mol. The van der Waals surface area contributed by atoms with Crippen LogP contribution in [0.5, 0.6) is 0 Å². The normalized spacial score (nSPS) is 15.8. The van der Waals surface area contributed by atoms with E-state index in [1.165, 1.54) is 30.3 Å². The molecule has 2 heterocycles. The SMILES string of the molecule is O=C1OC(c2ccc(Br)o2)=N/C1=C\c1ccc([N+](=O)[O-])cc1. The first kappa shape index (κ1) is 14.2. The fourth-order valence-electron chi connectivity index (χ4n) is 1.79. The van der Waals surface area contributed by atoms with Gasteiger partial charge < -0.3 is 9.15 Å². The van der Waals surface area contributed by atoms with Crippen LogP contribution in [-0.2, 0) is 9.53 Å². The molecule has 0 bridgehead atoms. The molecule has 0 spiro atoms. The highest BCUT2D eigenvalue weighted by Crippen LogP contribution is 2.22. The van der Waals surface area contributed by atoms with Crippen molar-refractivity contribution in [3.8, 4) is 0 Å². The smallest absolute Gasteiger partial charge is 0.363 e. The molecule has 8 heteroatoms. The Morgan fingerprint density at radius 3 is 2.50 bits per heavy atom. The van der Waals surface area contributed by atoms with Crippen molar-refractivity contribution in [2.75, 3.05) is 0 Å². The number of ether oxygens (including phenoxy) is 1. The molecule has 1 aliphatic rings. The molecule has 0 atom stereocenters. The number of benzene rings is 1. The summed E-state index contributed by atoms with van der Waals surface area (Å²) in [5.41, 5.74) is 0.667. The third-order valence-corrected chi connectivity index (χ3v) is 3.24. The van der Waals surface area contributed by atoms with Crippen molar-refractivity contribution >= 4 is 39.6 Å². The van der Waals surface area contributed by atoms with Gasteiger partial charge in [-0.3, -0.25) is 10.1 Å². The van der Waals surface area contributed by atoms with Crippen LogP contribution >= 0.6 is 15.9 Å². The van der Waals surface area contributed by atoms with Crippen LogP contribution in [0, 0.1) is 10.1 Å². The summed E-state index contributed by atoms with van der Waals surface area (Å²) in [5.74, 6) is -0.211. The highest BCUT2D eigenvalue weighted by Gasteiger charge is 2.26. The zero-order valence-corrected chi connectivity index (χ0v) is 12.4. The number of rotatable bonds is 3. The van der Waals surface area contributed by atoms with Crippen molar-refractivity contribution in [1.82, 2.24) is 0 Å². The second kappa shape index (κ2) is 5.57. The molecule has 0 amide bonds. The summed E-state index contributed by atoms with van der Waals surface area (Å²) in [7, 11) is 0. The molecule has 3 rings (SSSR count). The Morgan fingerprint density at radius 1 is 1.18 bits per heavy atom. The Bertz CT molecular complexity index is 820. The van der Waals surface area contributed by atoms with Gasteiger partial charge in [-0.1, -0.05) is 0 Å². The van der Waals surface area contributed by atoms with Crippen molar-refractivity contribution in [1.29, 1.82) is 0 Å². The van der Waals surface area contributed by atoms with Gasteiger partial charge in [0.15, 0.2) is 16.1 Å². The Hall–Kier alpha value is -2.74. The van der Waals surface area contributed by atoms with E-state index in [0.29, 0.717) is 16.0 Å². The molecule has 1 aliphatic heterocycles. The quantitative estimate of drug-likeness (QED) is 0.361. The van der Waals surface area contributed by atoms with E-state index in [1.807, 2.05) is 0 Å². The second-order valence-electron chi connectivity index (χ2n) is 4.29. The zero-order valence-electron chi connectivity index (χ0n) is 10.9. The first-order valence-electron chi connectivity index (χ1n) is 6.05. The Morgan fingerprint density at radius 2 is 1.91 bits per heavy atom. The molecule has 22 heavy (non-hydrogen) atoms. The van der Waals surface area contributed by atoms with E-state index in [9.17, 15) is 14.9 Å². The van der Waals surface area contributed by atoms with Crippen molar-refractivity contribution in [3.63, 3.8) is 0 Å². The van der Waals surface area contributed by atoms with Crippen LogP contribution in [0.4, 0.5) is 5.69 Å². The van der Waals surface area contributed by atoms with Crippen LogP contribution in [0.25, 0.3) is 6.08 Å². The molecule has 0 unspecified atom stereocenters. The molecule has 2 aromatic rings. The molecule has 0 N–H and O–H groups in total. The number of carbonyl (C=O) groups excluding carboxylic acids is 1. The fraction of sp³-hybridized carbons (Fsp3) is 0. The number of esters is 1. The molecular weight excluding hydrogens is 356 g/mol. The van der Waals surface area contributed by atoms with Gasteiger partial charge in [0.1, 0.15) is 0 Å². The first-order valence-corrected chi connectivity index (χ1v) is 6.85. The van der Waals surface area contributed by atoms with Crippen LogP contribution in [-0.4, -0.2) is 16.8 Å². The topological polar surface area (TPSA) is 94.9 Å². The van der Waals surface area contributed by atoms with Gasteiger partial charge in [-0.05, 0) is 51.8 Å². The number of nitro benzene ring substituents is 1. The number of aliphatic imine (C=N–C) groups is 1. The summed E-state index contributed by atoms with van der Waals surface area (Å²) in [5, 5.41) is 10.6. The summed E-state index contributed by atoms with van der Waals surface area (Å²) < 4.78 is 10.8. The number of nitro groups is 1. The van der Waals surface area contributed by atoms with E-state index in [-0.39, 0.29) is 17.3 Å². The molecule has 1 aromatic carbocycles. The lowest BCUT2D eigenvalue weighted by Crippen LogP contribution is -2.04. The standard InChI is InChI=1S/C14H7BrN2O5/c15-12-6-5-11(21-12)13-16-10(14(18)22-13)7-8-1-3-9(4-2-8)17(19)20/h1-7H/b10-7-. The van der Waals surface area contributed by atoms with Crippen molar-refractivity contribution in [2.45, 2.75) is 0 Å². The van der Waals surface area contributed by atoms with Crippen LogP contribution in [0.3, 0.4) is 0 Å². The molecule has 0 aliphatic carbocycles. The third kappa shape index (κ3) is 2.82. The van der Waals surface area contributed by atoms with Gasteiger partial charge in [-0.2, -0.15) is 0 Å². The van der Waals surface area contributed by atoms with E-state index in [1.54, 1.807) is 12.1 Å². The summed E-state index contributed by atoms with van der Waals surface area (Å²) >= 11 is 3.15. The maximum atomic E-state index is 11.8. The predicted molar refractivity (Wildman–Crippen MR) is 80.1 cm³/mol. The number of halogens is 1. The lowest BCUT2D eigenvalue weighted by Gasteiger charge is -1.94. The first-order chi connectivity index (χ1) is 10.5. The van der Waals surface area contributed by atoms with Gasteiger partial charge in [0.25, 0.3) is 11.6 Å². The lowest BCUT2D eigenvalue weighted by molar-refractivity contribution is -0.384. The van der Waals surface area contributed by atoms with Gasteiger partial charge >= 0.3 is 5.97 Å². The van der Waals surface area contributed by atoms with Gasteiger partial charge in [0.05, 0.1) is 4.92 Å². The van der Waals surface area contributed by atoms with E-state index in [0.717, 1.165) is 0 Å². The summed E-state index contributed by atoms with van der Waals surface area (Å²) in [4.78, 5) is 25.9. The second-order valence-corrected chi connectivity index (χ2v) is 5.07. The van der Waals surface area contributed by atoms with E-state index in [2.05, 4.69) is 20.9 Å². The Balaban J connectivity index is 1.88. The van der Waals surface area contributed by atoms with Gasteiger partial charge in [-0.15, -0.1) is 0 Å². The average Bonchev–Trinajstić information content (AvgIpc) is 3.06.